The number of carboxylic acids is 1. The summed E-state index contributed by atoms with van der Waals surface area (Å²) < 4.78 is 17.8. The predicted molar refractivity (Wildman–Crippen MR) is 128 cm³/mol. The first-order chi connectivity index (χ1) is 17.9. The third-order valence-corrected chi connectivity index (χ3v) is 6.03. The molecule has 0 atom stereocenters. The van der Waals surface area contributed by atoms with Gasteiger partial charge in [0, 0.05) is 28.7 Å². The number of aromatic nitrogens is 1. The number of hydrogen-bond acceptors (Lipinski definition) is 7. The van der Waals surface area contributed by atoms with Gasteiger partial charge in [-0.2, -0.15) is 0 Å². The quantitative estimate of drug-likeness (QED) is 0.315. The van der Waals surface area contributed by atoms with Crippen molar-refractivity contribution in [2.75, 3.05) is 11.7 Å². The van der Waals surface area contributed by atoms with Crippen molar-refractivity contribution in [2.45, 2.75) is 6.54 Å². The smallest absolute Gasteiger partial charge is 0.371 e. The van der Waals surface area contributed by atoms with E-state index in [9.17, 15) is 19.2 Å². The lowest BCUT2D eigenvalue weighted by Crippen LogP contribution is -2.54. The summed E-state index contributed by atoms with van der Waals surface area (Å²) in [5.41, 5.74) is 1.32. The average Bonchev–Trinajstić information content (AvgIpc) is 3.61. The third-order valence-electron chi connectivity index (χ3n) is 6.03. The van der Waals surface area contributed by atoms with Crippen LogP contribution in [0.5, 0.6) is 11.5 Å². The number of hydrogen-bond donors (Lipinski definition) is 2. The maximum atomic E-state index is 13.4. The summed E-state index contributed by atoms with van der Waals surface area (Å²) >= 11 is 0. The van der Waals surface area contributed by atoms with Gasteiger partial charge in [0.1, 0.15) is 11.3 Å². The van der Waals surface area contributed by atoms with Gasteiger partial charge in [-0.25, -0.2) is 14.5 Å². The van der Waals surface area contributed by atoms with Crippen molar-refractivity contribution >= 4 is 46.5 Å². The minimum atomic E-state index is -1.17. The van der Waals surface area contributed by atoms with Crippen LogP contribution < -0.4 is 19.7 Å². The Kier molecular flexibility index (Phi) is 5.04. The van der Waals surface area contributed by atoms with Crippen molar-refractivity contribution in [3.8, 4) is 11.5 Å². The molecule has 0 saturated carbocycles. The first-order valence-electron chi connectivity index (χ1n) is 11.1. The zero-order valence-corrected chi connectivity index (χ0v) is 19.0. The summed E-state index contributed by atoms with van der Waals surface area (Å²) in [6.45, 7) is 0.251. The zero-order valence-electron chi connectivity index (χ0n) is 19.0. The molecular weight excluding hydrogens is 482 g/mol. The number of imide groups is 2. The number of carbonyl (C=O) groups excluding carboxylic acids is 3. The molecule has 4 aromatic rings. The highest BCUT2D eigenvalue weighted by atomic mass is 16.7. The molecule has 0 bridgehead atoms. The van der Waals surface area contributed by atoms with E-state index in [1.807, 2.05) is 28.8 Å². The van der Waals surface area contributed by atoms with Crippen LogP contribution >= 0.6 is 0 Å². The molecule has 37 heavy (non-hydrogen) atoms. The monoisotopic (exact) mass is 499 g/mol. The van der Waals surface area contributed by atoms with Gasteiger partial charge >= 0.3 is 12.0 Å². The number of amides is 4. The summed E-state index contributed by atoms with van der Waals surface area (Å²) in [6.07, 6.45) is 3.15. The Morgan fingerprint density at radius 3 is 2.65 bits per heavy atom. The van der Waals surface area contributed by atoms with Crippen LogP contribution in [0, 0.1) is 0 Å². The molecule has 0 radical (unpaired) electrons. The summed E-state index contributed by atoms with van der Waals surface area (Å²) in [4.78, 5) is 50.7. The Morgan fingerprint density at radius 2 is 1.84 bits per heavy atom. The number of nitrogens with zero attached hydrogens (tertiary/aromatic N) is 2. The van der Waals surface area contributed by atoms with Crippen molar-refractivity contribution in [2.24, 2.45) is 0 Å². The molecule has 4 heterocycles. The summed E-state index contributed by atoms with van der Waals surface area (Å²) in [5.74, 6) is -1.66. The Balaban J connectivity index is 1.38. The Morgan fingerprint density at radius 1 is 1.03 bits per heavy atom. The predicted octanol–water partition coefficient (Wildman–Crippen LogP) is 3.38. The van der Waals surface area contributed by atoms with Crippen LogP contribution in [-0.2, 0) is 16.1 Å². The first-order valence-corrected chi connectivity index (χ1v) is 11.1. The van der Waals surface area contributed by atoms with Crippen molar-refractivity contribution in [1.29, 1.82) is 0 Å². The topological polar surface area (TPSA) is 140 Å². The van der Waals surface area contributed by atoms with E-state index >= 15 is 0 Å². The zero-order chi connectivity index (χ0) is 25.7. The highest BCUT2D eigenvalue weighted by Gasteiger charge is 2.37. The van der Waals surface area contributed by atoms with Gasteiger partial charge in [0.25, 0.3) is 11.8 Å². The number of benzene rings is 2. The van der Waals surface area contributed by atoms with E-state index in [0.29, 0.717) is 22.8 Å². The average molecular weight is 499 g/mol. The van der Waals surface area contributed by atoms with E-state index in [0.717, 1.165) is 15.8 Å². The summed E-state index contributed by atoms with van der Waals surface area (Å²) in [7, 11) is 0. The highest BCUT2D eigenvalue weighted by molar-refractivity contribution is 6.39. The molecule has 2 aromatic heterocycles. The molecular formula is C26H17N3O8. The van der Waals surface area contributed by atoms with E-state index in [2.05, 4.69) is 5.32 Å². The number of anilines is 1. The molecule has 2 aliphatic heterocycles. The minimum Gasteiger partial charge on any atom is -0.475 e. The van der Waals surface area contributed by atoms with Crippen molar-refractivity contribution in [3.05, 3.63) is 83.5 Å². The van der Waals surface area contributed by atoms with Crippen LogP contribution in [0.4, 0.5) is 10.5 Å². The van der Waals surface area contributed by atoms with E-state index < -0.39 is 23.8 Å². The Labute approximate surface area is 208 Å². The molecule has 2 N–H and O–H groups in total. The second kappa shape index (κ2) is 8.41. The van der Waals surface area contributed by atoms with Gasteiger partial charge in [-0.3, -0.25) is 14.9 Å². The van der Waals surface area contributed by atoms with Crippen LogP contribution in [-0.4, -0.2) is 40.3 Å². The van der Waals surface area contributed by atoms with Crippen molar-refractivity contribution in [3.63, 3.8) is 0 Å². The van der Waals surface area contributed by atoms with E-state index in [4.69, 9.17) is 19.0 Å². The number of carbonyl (C=O) groups is 4. The molecule has 4 amide bonds. The molecule has 2 aromatic carbocycles. The van der Waals surface area contributed by atoms with Gasteiger partial charge in [0.15, 0.2) is 11.5 Å². The number of carboxylic acid groups (broad SMARTS) is 1. The fraction of sp³-hybridized carbons (Fsp3) is 0.0769. The first kappa shape index (κ1) is 22.2. The number of fused-ring (bicyclic) bond motifs is 2. The molecule has 2 aliphatic rings. The van der Waals surface area contributed by atoms with E-state index in [1.54, 1.807) is 18.3 Å². The van der Waals surface area contributed by atoms with Crippen LogP contribution in [0.25, 0.3) is 17.0 Å². The van der Waals surface area contributed by atoms with Crippen LogP contribution in [0.2, 0.25) is 0 Å². The standard InChI is InChI=1S/C26H17N3O8/c30-23-18(24(31)29(26(34)27-23)15-5-7-20-22(10-15)36-13-35-20)9-14-11-28(19-4-2-1-3-17(14)19)12-16-6-8-21(37-16)25(32)33/h1-11H,12-13H2,(H,32,33)(H,27,30,34). The second-order valence-electron chi connectivity index (χ2n) is 8.30. The molecule has 184 valence electrons. The van der Waals surface area contributed by atoms with Gasteiger partial charge in [0.2, 0.25) is 12.6 Å². The molecule has 1 fully saturated rings. The largest absolute Gasteiger partial charge is 0.475 e. The maximum Gasteiger partial charge on any atom is 0.371 e. The van der Waals surface area contributed by atoms with Crippen molar-refractivity contribution in [1.82, 2.24) is 9.88 Å². The lowest BCUT2D eigenvalue weighted by atomic mass is 10.1. The Bertz CT molecular complexity index is 1660. The van der Waals surface area contributed by atoms with Gasteiger partial charge in [-0.1, -0.05) is 18.2 Å². The lowest BCUT2D eigenvalue weighted by Gasteiger charge is -2.26. The van der Waals surface area contributed by atoms with Gasteiger partial charge in [-0.15, -0.1) is 0 Å². The fourth-order valence-electron chi connectivity index (χ4n) is 4.34. The number of furan rings is 1. The van der Waals surface area contributed by atoms with Gasteiger partial charge in [0.05, 0.1) is 12.2 Å². The lowest BCUT2D eigenvalue weighted by molar-refractivity contribution is -0.122. The number of nitrogens with one attached hydrogen (secondary N) is 1. The van der Waals surface area contributed by atoms with Gasteiger partial charge < -0.3 is 23.6 Å². The molecule has 1 saturated heterocycles. The van der Waals surface area contributed by atoms with Crippen LogP contribution in [0.15, 0.2) is 70.8 Å². The molecule has 11 nitrogen and oxygen atoms in total. The number of aromatic carboxylic acids is 1. The summed E-state index contributed by atoms with van der Waals surface area (Å²) in [6, 6.07) is 14.0. The molecule has 6 rings (SSSR count). The third kappa shape index (κ3) is 3.78. The highest BCUT2D eigenvalue weighted by Crippen LogP contribution is 2.36. The fourth-order valence-corrected chi connectivity index (χ4v) is 4.34. The normalized spacial score (nSPS) is 16.1. The number of para-hydroxylation sites is 1. The number of barbiturate groups is 1. The maximum absolute atomic E-state index is 13.4. The molecule has 0 aliphatic carbocycles. The van der Waals surface area contributed by atoms with Crippen LogP contribution in [0.3, 0.4) is 0 Å². The number of rotatable bonds is 5. The number of ether oxygens (including phenoxy) is 2. The minimum absolute atomic E-state index is 0.0300. The van der Waals surface area contributed by atoms with Gasteiger partial charge in [-0.05, 0) is 36.4 Å². The Hall–Kier alpha value is -5.32. The van der Waals surface area contributed by atoms with E-state index in [-0.39, 0.29) is 30.4 Å². The SMILES string of the molecule is O=C1NC(=O)N(c2ccc3c(c2)OCO3)C(=O)C1=Cc1cn(Cc2ccc(C(=O)O)o2)c2ccccc12. The number of urea groups is 1. The molecule has 11 heteroatoms. The van der Waals surface area contributed by atoms with Crippen molar-refractivity contribution < 1.29 is 38.2 Å². The van der Waals surface area contributed by atoms with Crippen LogP contribution in [0.1, 0.15) is 21.9 Å². The molecule has 0 unspecified atom stereocenters. The molecule has 0 spiro atoms. The summed E-state index contributed by atoms with van der Waals surface area (Å²) in [5, 5.41) is 12.1. The van der Waals surface area contributed by atoms with E-state index in [1.165, 1.54) is 24.3 Å². The second-order valence-corrected chi connectivity index (χ2v) is 8.30.